The first-order valence-electron chi connectivity index (χ1n) is 11.2. The van der Waals surface area contributed by atoms with Gasteiger partial charge in [-0.25, -0.2) is 14.4 Å². The van der Waals surface area contributed by atoms with Gasteiger partial charge in [-0.3, -0.25) is 9.69 Å². The fourth-order valence-electron chi connectivity index (χ4n) is 3.41. The van der Waals surface area contributed by atoms with Crippen molar-refractivity contribution < 1.29 is 35.5 Å². The Bertz CT molecular complexity index is 1260. The van der Waals surface area contributed by atoms with Gasteiger partial charge in [0, 0.05) is 25.4 Å². The molecular weight excluding hydrogens is 519 g/mol. The van der Waals surface area contributed by atoms with Gasteiger partial charge in [0.1, 0.15) is 11.5 Å². The number of amides is 1. The molecule has 2 aromatic carbocycles. The average molecular weight is 543 g/mol. The number of hydrogen-bond acceptors (Lipinski definition) is 5. The summed E-state index contributed by atoms with van der Waals surface area (Å²) >= 11 is 0. The van der Waals surface area contributed by atoms with E-state index in [1.807, 2.05) is 0 Å². The lowest BCUT2D eigenvalue weighted by atomic mass is 10.0. The van der Waals surface area contributed by atoms with E-state index in [9.17, 15) is 35.5 Å². The van der Waals surface area contributed by atoms with Crippen molar-refractivity contribution in [3.8, 4) is 11.1 Å². The zero-order valence-corrected chi connectivity index (χ0v) is 20.7. The van der Waals surface area contributed by atoms with Crippen molar-refractivity contribution >= 4 is 11.9 Å². The summed E-state index contributed by atoms with van der Waals surface area (Å²) < 4.78 is 93.1. The first kappa shape index (κ1) is 28.8. The fraction of sp³-hybridized carbons (Fsp3) is 0.320. The SMILES string of the molecule is CC(Nc1ncc(-c2ccc(F)cc2)c(C(=O)N(C)Cc2cc(C(F)(F)F)cc(C(F)(F)F)c2)n1)N(C)C. The summed E-state index contributed by atoms with van der Waals surface area (Å²) in [5, 5.41) is 2.98. The Labute approximate surface area is 214 Å². The van der Waals surface area contributed by atoms with Gasteiger partial charge in [-0.1, -0.05) is 12.1 Å². The Morgan fingerprint density at radius 1 is 0.947 bits per heavy atom. The van der Waals surface area contributed by atoms with Crippen LogP contribution in [-0.4, -0.2) is 53.0 Å². The van der Waals surface area contributed by atoms with Gasteiger partial charge in [0.05, 0.1) is 17.3 Å². The third-order valence-electron chi connectivity index (χ3n) is 5.67. The summed E-state index contributed by atoms with van der Waals surface area (Å²) in [5.74, 6) is -1.26. The van der Waals surface area contributed by atoms with Crippen LogP contribution in [0.4, 0.5) is 36.7 Å². The number of benzene rings is 2. The van der Waals surface area contributed by atoms with Crippen LogP contribution < -0.4 is 5.32 Å². The first-order chi connectivity index (χ1) is 17.6. The molecular formula is C25H24F7N5O. The smallest absolute Gasteiger partial charge is 0.339 e. The maximum Gasteiger partial charge on any atom is 0.416 e. The molecule has 0 aliphatic heterocycles. The lowest BCUT2D eigenvalue weighted by Gasteiger charge is -2.23. The average Bonchev–Trinajstić information content (AvgIpc) is 2.82. The fourth-order valence-corrected chi connectivity index (χ4v) is 3.41. The second kappa shape index (κ2) is 10.9. The summed E-state index contributed by atoms with van der Waals surface area (Å²) in [7, 11) is 4.80. The van der Waals surface area contributed by atoms with E-state index in [0.29, 0.717) is 17.7 Å². The number of nitrogens with zero attached hydrogens (tertiary/aromatic N) is 4. The zero-order valence-electron chi connectivity index (χ0n) is 20.7. The summed E-state index contributed by atoms with van der Waals surface area (Å²) in [5.41, 5.74) is -2.94. The number of aromatic nitrogens is 2. The van der Waals surface area contributed by atoms with Gasteiger partial charge in [0.25, 0.3) is 5.91 Å². The molecule has 0 saturated heterocycles. The van der Waals surface area contributed by atoms with Crippen LogP contribution in [0.3, 0.4) is 0 Å². The summed E-state index contributed by atoms with van der Waals surface area (Å²) in [6.45, 7) is 1.23. The van der Waals surface area contributed by atoms with Crippen LogP contribution in [0.1, 0.15) is 34.1 Å². The normalized spacial score (nSPS) is 12.9. The van der Waals surface area contributed by atoms with E-state index in [1.165, 1.54) is 25.4 Å². The second-order valence-corrected chi connectivity index (χ2v) is 8.82. The summed E-state index contributed by atoms with van der Waals surface area (Å²) in [6, 6.07) is 6.25. The number of alkyl halides is 6. The van der Waals surface area contributed by atoms with Crippen LogP contribution in [0.25, 0.3) is 11.1 Å². The Morgan fingerprint density at radius 2 is 1.50 bits per heavy atom. The zero-order chi connectivity index (χ0) is 28.4. The lowest BCUT2D eigenvalue weighted by Crippen LogP contribution is -2.33. The van der Waals surface area contributed by atoms with Crippen molar-refractivity contribution in [2.24, 2.45) is 0 Å². The molecule has 1 heterocycles. The van der Waals surface area contributed by atoms with E-state index >= 15 is 0 Å². The van der Waals surface area contributed by atoms with Crippen LogP contribution >= 0.6 is 0 Å². The van der Waals surface area contributed by atoms with Crippen molar-refractivity contribution in [2.45, 2.75) is 32.0 Å². The van der Waals surface area contributed by atoms with Gasteiger partial charge in [-0.15, -0.1) is 0 Å². The van der Waals surface area contributed by atoms with Crippen molar-refractivity contribution in [3.63, 3.8) is 0 Å². The van der Waals surface area contributed by atoms with Crippen LogP contribution in [-0.2, 0) is 18.9 Å². The van der Waals surface area contributed by atoms with Crippen LogP contribution in [0.2, 0.25) is 0 Å². The number of carbonyl (C=O) groups excluding carboxylic acids is 1. The van der Waals surface area contributed by atoms with E-state index in [4.69, 9.17) is 0 Å². The van der Waals surface area contributed by atoms with Gasteiger partial charge in [0.2, 0.25) is 5.95 Å². The molecule has 6 nitrogen and oxygen atoms in total. The van der Waals surface area contributed by atoms with E-state index < -0.39 is 41.7 Å². The maximum absolute atomic E-state index is 13.5. The highest BCUT2D eigenvalue weighted by molar-refractivity contribution is 5.99. The summed E-state index contributed by atoms with van der Waals surface area (Å²) in [4.78, 5) is 24.7. The highest BCUT2D eigenvalue weighted by Crippen LogP contribution is 2.36. The third kappa shape index (κ3) is 6.97. The Kier molecular flexibility index (Phi) is 8.30. The Hall–Kier alpha value is -3.74. The standard InChI is InChI=1S/C25H24F7N5O/c1-14(36(2)3)34-23-33-12-20(16-5-7-19(26)8-6-16)21(35-23)22(38)37(4)13-15-9-17(24(27,28)29)11-18(10-15)25(30,31)32/h5-12,14H,13H2,1-4H3,(H,33,34,35). The number of carbonyl (C=O) groups is 1. The third-order valence-corrected chi connectivity index (χ3v) is 5.67. The number of anilines is 1. The number of hydrogen-bond donors (Lipinski definition) is 1. The van der Waals surface area contributed by atoms with Gasteiger partial charge >= 0.3 is 12.4 Å². The number of halogens is 7. The molecule has 0 radical (unpaired) electrons. The molecule has 0 saturated carbocycles. The highest BCUT2D eigenvalue weighted by atomic mass is 19.4. The first-order valence-corrected chi connectivity index (χ1v) is 11.2. The van der Waals surface area contributed by atoms with E-state index in [-0.39, 0.29) is 35.0 Å². The molecule has 1 unspecified atom stereocenters. The van der Waals surface area contributed by atoms with Crippen molar-refractivity contribution in [3.05, 3.63) is 76.9 Å². The van der Waals surface area contributed by atoms with E-state index in [1.54, 1.807) is 25.9 Å². The molecule has 13 heteroatoms. The Morgan fingerprint density at radius 3 is 2.00 bits per heavy atom. The molecule has 1 amide bonds. The van der Waals surface area contributed by atoms with Crippen LogP contribution in [0.5, 0.6) is 0 Å². The maximum atomic E-state index is 13.5. The topological polar surface area (TPSA) is 61.4 Å². The molecule has 0 fully saturated rings. The van der Waals surface area contributed by atoms with E-state index in [2.05, 4.69) is 15.3 Å². The predicted octanol–water partition coefficient (Wildman–Crippen LogP) is 5.91. The molecule has 204 valence electrons. The predicted molar refractivity (Wildman–Crippen MR) is 126 cm³/mol. The molecule has 0 aliphatic rings. The van der Waals surface area contributed by atoms with Gasteiger partial charge in [0.15, 0.2) is 0 Å². The molecule has 1 atom stereocenters. The highest BCUT2D eigenvalue weighted by Gasteiger charge is 2.37. The van der Waals surface area contributed by atoms with Gasteiger partial charge in [-0.05, 0) is 62.5 Å². The molecule has 0 bridgehead atoms. The molecule has 1 N–H and O–H groups in total. The second-order valence-electron chi connectivity index (χ2n) is 8.82. The van der Waals surface area contributed by atoms with Crippen LogP contribution in [0.15, 0.2) is 48.7 Å². The van der Waals surface area contributed by atoms with E-state index in [0.717, 1.165) is 17.0 Å². The molecule has 0 spiro atoms. The minimum atomic E-state index is -5.02. The molecule has 1 aromatic heterocycles. The summed E-state index contributed by atoms with van der Waals surface area (Å²) in [6.07, 6.45) is -8.97. The molecule has 0 aliphatic carbocycles. The monoisotopic (exact) mass is 543 g/mol. The lowest BCUT2D eigenvalue weighted by molar-refractivity contribution is -0.143. The minimum absolute atomic E-state index is 0.0201. The van der Waals surface area contributed by atoms with Gasteiger partial charge in [-0.2, -0.15) is 26.3 Å². The van der Waals surface area contributed by atoms with Crippen molar-refractivity contribution in [2.75, 3.05) is 26.5 Å². The largest absolute Gasteiger partial charge is 0.416 e. The quantitative estimate of drug-likeness (QED) is 0.297. The van der Waals surface area contributed by atoms with Crippen molar-refractivity contribution in [1.29, 1.82) is 0 Å². The van der Waals surface area contributed by atoms with Crippen LogP contribution in [0, 0.1) is 5.82 Å². The number of rotatable bonds is 7. The molecule has 3 rings (SSSR count). The van der Waals surface area contributed by atoms with Crippen molar-refractivity contribution in [1.82, 2.24) is 19.8 Å². The number of nitrogens with one attached hydrogen (secondary N) is 1. The molecule has 38 heavy (non-hydrogen) atoms. The molecule has 3 aromatic rings. The minimum Gasteiger partial charge on any atom is -0.339 e. The van der Waals surface area contributed by atoms with Gasteiger partial charge < -0.3 is 10.2 Å². The Balaban J connectivity index is 2.02.